The van der Waals surface area contributed by atoms with Gasteiger partial charge < -0.3 is 5.73 Å². The highest BCUT2D eigenvalue weighted by Crippen LogP contribution is 2.11. The van der Waals surface area contributed by atoms with Crippen LogP contribution in [0.1, 0.15) is 4.88 Å². The van der Waals surface area contributed by atoms with Crippen molar-refractivity contribution in [2.45, 2.75) is 6.54 Å². The van der Waals surface area contributed by atoms with Gasteiger partial charge in [-0.15, -0.1) is 17.9 Å². The maximum absolute atomic E-state index is 10.8. The maximum atomic E-state index is 10.8. The molecule has 1 amide bonds. The zero-order valence-electron chi connectivity index (χ0n) is 7.98. The maximum Gasteiger partial charge on any atom is 0.231 e. The number of thiophene rings is 1. The normalized spacial score (nSPS) is 10.4. The molecule has 0 fully saturated rings. The number of hydrogen-bond acceptors (Lipinski definition) is 3. The molecule has 0 aliphatic rings. The van der Waals surface area contributed by atoms with E-state index in [0.29, 0.717) is 6.54 Å². The minimum Gasteiger partial charge on any atom is -0.369 e. The van der Waals surface area contributed by atoms with Gasteiger partial charge in [-0.05, 0) is 11.4 Å². The monoisotopic (exact) mass is 210 g/mol. The second-order valence-electron chi connectivity index (χ2n) is 3.00. The lowest BCUT2D eigenvalue weighted by molar-refractivity contribution is -0.119. The highest BCUT2D eigenvalue weighted by Gasteiger charge is 2.07. The predicted octanol–water partition coefficient (Wildman–Crippen LogP) is 1.22. The summed E-state index contributed by atoms with van der Waals surface area (Å²) in [5, 5.41) is 2.02. The second kappa shape index (κ2) is 5.57. The molecule has 3 nitrogen and oxygen atoms in total. The minimum atomic E-state index is -0.302. The van der Waals surface area contributed by atoms with Crippen molar-refractivity contribution in [1.29, 1.82) is 0 Å². The van der Waals surface area contributed by atoms with Crippen molar-refractivity contribution in [3.63, 3.8) is 0 Å². The molecule has 0 aromatic carbocycles. The van der Waals surface area contributed by atoms with Crippen molar-refractivity contribution in [1.82, 2.24) is 4.90 Å². The summed E-state index contributed by atoms with van der Waals surface area (Å²) in [6.45, 7) is 5.37. The van der Waals surface area contributed by atoms with Crippen molar-refractivity contribution in [3.05, 3.63) is 35.0 Å². The molecule has 76 valence electrons. The van der Waals surface area contributed by atoms with E-state index in [4.69, 9.17) is 5.73 Å². The fourth-order valence-electron chi connectivity index (χ4n) is 1.21. The van der Waals surface area contributed by atoms with Gasteiger partial charge in [-0.25, -0.2) is 0 Å². The Labute approximate surface area is 87.8 Å². The van der Waals surface area contributed by atoms with Crippen LogP contribution >= 0.6 is 11.3 Å². The van der Waals surface area contributed by atoms with Crippen LogP contribution in [0.5, 0.6) is 0 Å². The lowest BCUT2D eigenvalue weighted by atomic mass is 10.4. The van der Waals surface area contributed by atoms with Gasteiger partial charge in [0.2, 0.25) is 5.91 Å². The van der Waals surface area contributed by atoms with Crippen LogP contribution in [-0.4, -0.2) is 23.9 Å². The summed E-state index contributed by atoms with van der Waals surface area (Å²) in [7, 11) is 0. The van der Waals surface area contributed by atoms with Gasteiger partial charge in [0.15, 0.2) is 0 Å². The molecular weight excluding hydrogens is 196 g/mol. The van der Waals surface area contributed by atoms with E-state index in [0.717, 1.165) is 6.54 Å². The predicted molar refractivity (Wildman–Crippen MR) is 59.0 cm³/mol. The molecule has 0 saturated carbocycles. The SMILES string of the molecule is C=CCN(CC(N)=O)Cc1cccs1. The van der Waals surface area contributed by atoms with E-state index in [9.17, 15) is 4.79 Å². The molecule has 0 unspecified atom stereocenters. The molecule has 0 aliphatic carbocycles. The second-order valence-corrected chi connectivity index (χ2v) is 4.04. The van der Waals surface area contributed by atoms with Gasteiger partial charge >= 0.3 is 0 Å². The van der Waals surface area contributed by atoms with E-state index in [-0.39, 0.29) is 12.5 Å². The molecular formula is C10H14N2OS. The van der Waals surface area contributed by atoms with Crippen molar-refractivity contribution in [2.75, 3.05) is 13.1 Å². The van der Waals surface area contributed by atoms with E-state index >= 15 is 0 Å². The molecule has 0 radical (unpaired) electrons. The molecule has 0 atom stereocenters. The Morgan fingerprint density at radius 3 is 3.00 bits per heavy atom. The number of amides is 1. The van der Waals surface area contributed by atoms with Crippen LogP contribution in [0.15, 0.2) is 30.2 Å². The summed E-state index contributed by atoms with van der Waals surface area (Å²) in [4.78, 5) is 14.0. The van der Waals surface area contributed by atoms with E-state index < -0.39 is 0 Å². The average molecular weight is 210 g/mol. The van der Waals surface area contributed by atoms with Crippen molar-refractivity contribution >= 4 is 17.2 Å². The first kappa shape index (κ1) is 10.9. The largest absolute Gasteiger partial charge is 0.369 e. The van der Waals surface area contributed by atoms with Crippen molar-refractivity contribution < 1.29 is 4.79 Å². The number of carbonyl (C=O) groups excluding carboxylic acids is 1. The molecule has 0 saturated heterocycles. The zero-order valence-corrected chi connectivity index (χ0v) is 8.80. The van der Waals surface area contributed by atoms with Crippen LogP contribution in [0.2, 0.25) is 0 Å². The van der Waals surface area contributed by atoms with Crippen LogP contribution in [0.3, 0.4) is 0 Å². The van der Waals surface area contributed by atoms with Gasteiger partial charge in [-0.2, -0.15) is 0 Å². The fraction of sp³-hybridized carbons (Fsp3) is 0.300. The molecule has 0 spiro atoms. The molecule has 1 aromatic heterocycles. The Balaban J connectivity index is 2.50. The lowest BCUT2D eigenvalue weighted by Crippen LogP contribution is -2.33. The third-order valence-electron chi connectivity index (χ3n) is 1.73. The van der Waals surface area contributed by atoms with E-state index in [1.807, 2.05) is 22.4 Å². The quantitative estimate of drug-likeness (QED) is 0.718. The highest BCUT2D eigenvalue weighted by molar-refractivity contribution is 7.09. The minimum absolute atomic E-state index is 0.282. The van der Waals surface area contributed by atoms with E-state index in [2.05, 4.69) is 6.58 Å². The topological polar surface area (TPSA) is 46.3 Å². The molecule has 1 rings (SSSR count). The van der Waals surface area contributed by atoms with Crippen molar-refractivity contribution in [3.8, 4) is 0 Å². The number of nitrogens with zero attached hydrogens (tertiary/aromatic N) is 1. The average Bonchev–Trinajstić information content (AvgIpc) is 2.56. The summed E-state index contributed by atoms with van der Waals surface area (Å²) in [5.41, 5.74) is 5.14. The Bertz CT molecular complexity index is 295. The Morgan fingerprint density at radius 1 is 1.71 bits per heavy atom. The van der Waals surface area contributed by atoms with Crippen LogP contribution in [0.25, 0.3) is 0 Å². The van der Waals surface area contributed by atoms with Crippen LogP contribution < -0.4 is 5.73 Å². The van der Waals surface area contributed by atoms with Gasteiger partial charge in [0.25, 0.3) is 0 Å². The van der Waals surface area contributed by atoms with Crippen LogP contribution in [0.4, 0.5) is 0 Å². The number of nitrogens with two attached hydrogens (primary N) is 1. The van der Waals surface area contributed by atoms with Gasteiger partial charge in [0.05, 0.1) is 6.54 Å². The summed E-state index contributed by atoms with van der Waals surface area (Å²) in [6.07, 6.45) is 1.77. The van der Waals surface area contributed by atoms with E-state index in [1.165, 1.54) is 4.88 Å². The number of hydrogen-bond donors (Lipinski definition) is 1. The van der Waals surface area contributed by atoms with Gasteiger partial charge in [-0.3, -0.25) is 9.69 Å². The van der Waals surface area contributed by atoms with Crippen molar-refractivity contribution in [2.24, 2.45) is 5.73 Å². The molecule has 0 aliphatic heterocycles. The van der Waals surface area contributed by atoms with Gasteiger partial charge in [0.1, 0.15) is 0 Å². The standard InChI is InChI=1S/C10H14N2OS/c1-2-5-12(8-10(11)13)7-9-4-3-6-14-9/h2-4,6H,1,5,7-8H2,(H2,11,13). The number of primary amides is 1. The number of carbonyl (C=O) groups is 1. The lowest BCUT2D eigenvalue weighted by Gasteiger charge is -2.17. The van der Waals surface area contributed by atoms with Gasteiger partial charge in [-0.1, -0.05) is 12.1 Å². The number of rotatable bonds is 6. The Morgan fingerprint density at radius 2 is 2.50 bits per heavy atom. The highest BCUT2D eigenvalue weighted by atomic mass is 32.1. The Kier molecular flexibility index (Phi) is 4.35. The Hall–Kier alpha value is -1.13. The molecule has 0 bridgehead atoms. The molecule has 1 aromatic rings. The fourth-order valence-corrected chi connectivity index (χ4v) is 1.96. The first-order valence-corrected chi connectivity index (χ1v) is 5.24. The molecule has 1 heterocycles. The summed E-state index contributed by atoms with van der Waals surface area (Å²) in [6, 6.07) is 4.04. The summed E-state index contributed by atoms with van der Waals surface area (Å²) < 4.78 is 0. The third kappa shape index (κ3) is 3.72. The first-order valence-electron chi connectivity index (χ1n) is 4.36. The molecule has 14 heavy (non-hydrogen) atoms. The molecule has 4 heteroatoms. The van der Waals surface area contributed by atoms with Crippen LogP contribution in [0, 0.1) is 0 Å². The first-order chi connectivity index (χ1) is 6.72. The smallest absolute Gasteiger partial charge is 0.231 e. The van der Waals surface area contributed by atoms with Crippen LogP contribution in [-0.2, 0) is 11.3 Å². The summed E-state index contributed by atoms with van der Waals surface area (Å²) >= 11 is 1.68. The van der Waals surface area contributed by atoms with Gasteiger partial charge in [0, 0.05) is 18.0 Å². The summed E-state index contributed by atoms with van der Waals surface area (Å²) in [5.74, 6) is -0.302. The third-order valence-corrected chi connectivity index (χ3v) is 2.59. The van der Waals surface area contributed by atoms with E-state index in [1.54, 1.807) is 17.4 Å². The molecule has 2 N–H and O–H groups in total. The zero-order chi connectivity index (χ0) is 10.4.